The van der Waals surface area contributed by atoms with E-state index in [0.29, 0.717) is 34.7 Å². The molecule has 0 saturated heterocycles. The number of anilines is 1. The molecule has 7 nitrogen and oxygen atoms in total. The third-order valence-electron chi connectivity index (χ3n) is 3.74. The molecular formula is C17H18N4O3S. The van der Waals surface area contributed by atoms with Crippen LogP contribution < -0.4 is 10.2 Å². The fourth-order valence-corrected chi connectivity index (χ4v) is 3.23. The normalized spacial score (nSPS) is 13.6. The number of benzene rings is 1. The SMILES string of the molecule is C=C1NC(=O)N(Cc2ccc(C)cc2)c2nc(SCCC(=O)O)[nH]c21. The Hall–Kier alpha value is -2.74. The Kier molecular flexibility index (Phi) is 4.80. The Morgan fingerprint density at radius 3 is 2.76 bits per heavy atom. The summed E-state index contributed by atoms with van der Waals surface area (Å²) in [6, 6.07) is 7.65. The van der Waals surface area contributed by atoms with Crippen molar-refractivity contribution in [2.24, 2.45) is 0 Å². The van der Waals surface area contributed by atoms with E-state index in [4.69, 9.17) is 5.11 Å². The number of hydrogen-bond donors (Lipinski definition) is 3. The molecule has 0 fully saturated rings. The highest BCUT2D eigenvalue weighted by atomic mass is 32.2. The van der Waals surface area contributed by atoms with Gasteiger partial charge in [0, 0.05) is 5.75 Å². The molecular weight excluding hydrogens is 340 g/mol. The van der Waals surface area contributed by atoms with Gasteiger partial charge in [0.05, 0.1) is 18.7 Å². The van der Waals surface area contributed by atoms with Gasteiger partial charge in [-0.25, -0.2) is 9.78 Å². The highest BCUT2D eigenvalue weighted by Crippen LogP contribution is 2.31. The van der Waals surface area contributed by atoms with Gasteiger partial charge in [0.1, 0.15) is 5.69 Å². The van der Waals surface area contributed by atoms with Crippen molar-refractivity contribution in [1.82, 2.24) is 15.3 Å². The van der Waals surface area contributed by atoms with E-state index in [0.717, 1.165) is 11.1 Å². The Labute approximate surface area is 149 Å². The Morgan fingerprint density at radius 1 is 1.36 bits per heavy atom. The topological polar surface area (TPSA) is 98.3 Å². The van der Waals surface area contributed by atoms with E-state index >= 15 is 0 Å². The zero-order chi connectivity index (χ0) is 18.0. The molecule has 0 saturated carbocycles. The lowest BCUT2D eigenvalue weighted by Gasteiger charge is -2.27. The fourth-order valence-electron chi connectivity index (χ4n) is 2.43. The second-order valence-electron chi connectivity index (χ2n) is 5.71. The summed E-state index contributed by atoms with van der Waals surface area (Å²) in [5.74, 6) is 0.0475. The van der Waals surface area contributed by atoms with E-state index in [1.807, 2.05) is 31.2 Å². The summed E-state index contributed by atoms with van der Waals surface area (Å²) in [5.41, 5.74) is 3.24. The molecule has 0 spiro atoms. The molecule has 3 N–H and O–H groups in total. The zero-order valence-corrected chi connectivity index (χ0v) is 14.5. The molecule has 2 heterocycles. The Morgan fingerprint density at radius 2 is 2.08 bits per heavy atom. The monoisotopic (exact) mass is 358 g/mol. The minimum Gasteiger partial charge on any atom is -0.481 e. The van der Waals surface area contributed by atoms with E-state index in [2.05, 4.69) is 21.9 Å². The van der Waals surface area contributed by atoms with Crippen molar-refractivity contribution in [3.05, 3.63) is 47.7 Å². The number of hydrogen-bond acceptors (Lipinski definition) is 4. The summed E-state index contributed by atoms with van der Waals surface area (Å²) in [6.07, 6.45) is 0.0429. The number of imidazole rings is 1. The number of rotatable bonds is 6. The van der Waals surface area contributed by atoms with Crippen LogP contribution in [0.25, 0.3) is 5.70 Å². The second-order valence-corrected chi connectivity index (χ2v) is 6.80. The van der Waals surface area contributed by atoms with Gasteiger partial charge in [-0.15, -0.1) is 0 Å². The molecule has 1 aliphatic heterocycles. The quantitative estimate of drug-likeness (QED) is 0.690. The van der Waals surface area contributed by atoms with Gasteiger partial charge in [-0.2, -0.15) is 0 Å². The number of carboxylic acids is 1. The number of aromatic amines is 1. The molecule has 0 unspecified atom stereocenters. The van der Waals surface area contributed by atoms with Gasteiger partial charge in [-0.1, -0.05) is 48.2 Å². The molecule has 1 aliphatic rings. The van der Waals surface area contributed by atoms with Crippen molar-refractivity contribution in [1.29, 1.82) is 0 Å². The van der Waals surface area contributed by atoms with E-state index in [9.17, 15) is 9.59 Å². The molecule has 25 heavy (non-hydrogen) atoms. The summed E-state index contributed by atoms with van der Waals surface area (Å²) in [6.45, 7) is 6.24. The van der Waals surface area contributed by atoms with Crippen LogP contribution in [0.4, 0.5) is 10.6 Å². The van der Waals surface area contributed by atoms with Crippen LogP contribution in [0, 0.1) is 6.92 Å². The first-order valence-electron chi connectivity index (χ1n) is 7.72. The minimum absolute atomic E-state index is 0.0429. The summed E-state index contributed by atoms with van der Waals surface area (Å²) >= 11 is 1.30. The van der Waals surface area contributed by atoms with Crippen molar-refractivity contribution < 1.29 is 14.7 Å². The highest BCUT2D eigenvalue weighted by molar-refractivity contribution is 7.99. The maximum absolute atomic E-state index is 12.4. The first-order chi connectivity index (χ1) is 11.9. The van der Waals surface area contributed by atoms with Crippen LogP contribution in [0.15, 0.2) is 36.0 Å². The number of nitrogens with one attached hydrogen (secondary N) is 2. The van der Waals surface area contributed by atoms with Gasteiger partial charge in [0.25, 0.3) is 0 Å². The van der Waals surface area contributed by atoms with Gasteiger partial charge in [0.15, 0.2) is 11.0 Å². The molecule has 1 aromatic heterocycles. The first kappa shape index (κ1) is 17.1. The number of nitrogens with zero attached hydrogens (tertiary/aromatic N) is 2. The average Bonchev–Trinajstić information content (AvgIpc) is 2.97. The summed E-state index contributed by atoms with van der Waals surface area (Å²) < 4.78 is 0. The van der Waals surface area contributed by atoms with Crippen LogP contribution in [-0.2, 0) is 11.3 Å². The molecule has 0 bridgehead atoms. The molecule has 2 amide bonds. The standard InChI is InChI=1S/C17H18N4O3S/c1-10-3-5-12(6-4-10)9-21-15-14(11(2)18-17(21)24)19-16(20-15)25-8-7-13(22)23/h3-6H,2,7-9H2,1H3,(H,18,24)(H,19,20)(H,22,23). The Balaban J connectivity index is 1.83. The molecule has 8 heteroatoms. The fraction of sp³-hybridized carbons (Fsp3) is 0.235. The van der Waals surface area contributed by atoms with Crippen LogP contribution >= 0.6 is 11.8 Å². The van der Waals surface area contributed by atoms with Crippen molar-refractivity contribution in [3.8, 4) is 0 Å². The lowest BCUT2D eigenvalue weighted by atomic mass is 10.1. The number of urea groups is 1. The predicted molar refractivity (Wildman–Crippen MR) is 96.5 cm³/mol. The molecule has 1 aromatic carbocycles. The van der Waals surface area contributed by atoms with E-state index in [1.165, 1.54) is 11.8 Å². The van der Waals surface area contributed by atoms with Crippen LogP contribution in [0.2, 0.25) is 0 Å². The molecule has 0 aliphatic carbocycles. The van der Waals surface area contributed by atoms with Crippen LogP contribution in [0.5, 0.6) is 0 Å². The number of carbonyl (C=O) groups excluding carboxylic acids is 1. The van der Waals surface area contributed by atoms with E-state index < -0.39 is 5.97 Å². The molecule has 2 aromatic rings. The number of carboxylic acid groups (broad SMARTS) is 1. The number of thioether (sulfide) groups is 1. The molecule has 3 rings (SSSR count). The van der Waals surface area contributed by atoms with Crippen molar-refractivity contribution in [3.63, 3.8) is 0 Å². The number of aliphatic carboxylic acids is 1. The van der Waals surface area contributed by atoms with E-state index in [-0.39, 0.29) is 12.5 Å². The maximum Gasteiger partial charge on any atom is 0.327 e. The van der Waals surface area contributed by atoms with Crippen LogP contribution in [-0.4, -0.2) is 32.8 Å². The van der Waals surface area contributed by atoms with Crippen molar-refractivity contribution in [2.75, 3.05) is 10.7 Å². The molecule has 0 radical (unpaired) electrons. The van der Waals surface area contributed by atoms with Crippen LogP contribution in [0.3, 0.4) is 0 Å². The van der Waals surface area contributed by atoms with Gasteiger partial charge < -0.3 is 15.4 Å². The Bertz CT molecular complexity index is 829. The second kappa shape index (κ2) is 7.02. The largest absolute Gasteiger partial charge is 0.481 e. The predicted octanol–water partition coefficient (Wildman–Crippen LogP) is 2.99. The van der Waals surface area contributed by atoms with Crippen molar-refractivity contribution in [2.45, 2.75) is 25.0 Å². The average molecular weight is 358 g/mol. The van der Waals surface area contributed by atoms with Gasteiger partial charge in [0.2, 0.25) is 0 Å². The van der Waals surface area contributed by atoms with E-state index in [1.54, 1.807) is 4.90 Å². The van der Waals surface area contributed by atoms with Gasteiger partial charge >= 0.3 is 12.0 Å². The smallest absolute Gasteiger partial charge is 0.327 e. The number of fused-ring (bicyclic) bond motifs is 1. The summed E-state index contributed by atoms with van der Waals surface area (Å²) in [4.78, 5) is 32.1. The molecule has 0 atom stereocenters. The number of aryl methyl sites for hydroxylation is 1. The summed E-state index contributed by atoms with van der Waals surface area (Å²) in [5, 5.41) is 12.0. The lowest BCUT2D eigenvalue weighted by Crippen LogP contribution is -2.42. The minimum atomic E-state index is -0.855. The number of carbonyl (C=O) groups is 2. The number of aromatic nitrogens is 2. The van der Waals surface area contributed by atoms with Crippen molar-refractivity contribution >= 4 is 35.3 Å². The highest BCUT2D eigenvalue weighted by Gasteiger charge is 2.30. The molecule has 130 valence electrons. The first-order valence-corrected chi connectivity index (χ1v) is 8.70. The zero-order valence-electron chi connectivity index (χ0n) is 13.7. The summed E-state index contributed by atoms with van der Waals surface area (Å²) in [7, 11) is 0. The third-order valence-corrected chi connectivity index (χ3v) is 4.61. The third kappa shape index (κ3) is 3.85. The maximum atomic E-state index is 12.4. The lowest BCUT2D eigenvalue weighted by molar-refractivity contribution is -0.136. The van der Waals surface area contributed by atoms with Gasteiger partial charge in [-0.05, 0) is 12.5 Å². The number of amides is 2. The van der Waals surface area contributed by atoms with Crippen LogP contribution in [0.1, 0.15) is 23.2 Å². The number of H-pyrrole nitrogens is 1. The van der Waals surface area contributed by atoms with Gasteiger partial charge in [-0.3, -0.25) is 9.69 Å².